The second-order valence-electron chi connectivity index (χ2n) is 5.70. The molecule has 2 N–H and O–H groups in total. The molecule has 2 aromatic carbocycles. The first-order valence-corrected chi connectivity index (χ1v) is 8.36. The van der Waals surface area contributed by atoms with Crippen molar-refractivity contribution in [2.45, 2.75) is 19.9 Å². The number of hydrogen-bond donors (Lipinski definition) is 2. The summed E-state index contributed by atoms with van der Waals surface area (Å²) < 4.78 is 13.7. The van der Waals surface area contributed by atoms with Gasteiger partial charge in [0.1, 0.15) is 23.7 Å². The smallest absolute Gasteiger partial charge is 0.274 e. The summed E-state index contributed by atoms with van der Waals surface area (Å²) in [5.41, 5.74) is 2.57. The van der Waals surface area contributed by atoms with Crippen molar-refractivity contribution in [1.29, 1.82) is 0 Å². The number of halogens is 1. The van der Waals surface area contributed by atoms with Gasteiger partial charge in [0.05, 0.1) is 0 Å². The zero-order valence-corrected chi connectivity index (χ0v) is 14.4. The van der Waals surface area contributed by atoms with Crippen molar-refractivity contribution in [1.82, 2.24) is 9.97 Å². The number of carbonyl (C=O) groups excluding carboxylic acids is 1. The van der Waals surface area contributed by atoms with Crippen LogP contribution in [0.1, 0.15) is 28.5 Å². The summed E-state index contributed by atoms with van der Waals surface area (Å²) in [5.74, 6) is -0.150. The van der Waals surface area contributed by atoms with Gasteiger partial charge in [0.15, 0.2) is 0 Å². The number of nitrogens with one attached hydrogen (secondary N) is 2. The molecule has 0 saturated heterocycles. The van der Waals surface area contributed by atoms with Gasteiger partial charge in [-0.05, 0) is 24.1 Å². The Bertz CT molecular complexity index is 914. The van der Waals surface area contributed by atoms with Crippen molar-refractivity contribution in [2.24, 2.45) is 0 Å². The maximum Gasteiger partial charge on any atom is 0.274 e. The second-order valence-corrected chi connectivity index (χ2v) is 5.70. The molecule has 1 amide bonds. The molecule has 0 bridgehead atoms. The van der Waals surface area contributed by atoms with Gasteiger partial charge in [0.25, 0.3) is 5.91 Å². The van der Waals surface area contributed by atoms with Crippen molar-refractivity contribution in [3.05, 3.63) is 83.6 Å². The Balaban J connectivity index is 1.70. The predicted octanol–water partition coefficient (Wildman–Crippen LogP) is 4.04. The van der Waals surface area contributed by atoms with Crippen molar-refractivity contribution in [3.8, 4) is 0 Å². The van der Waals surface area contributed by atoms with Crippen LogP contribution < -0.4 is 10.6 Å². The van der Waals surface area contributed by atoms with E-state index in [2.05, 4.69) is 20.6 Å². The van der Waals surface area contributed by atoms with E-state index in [-0.39, 0.29) is 24.0 Å². The van der Waals surface area contributed by atoms with Gasteiger partial charge in [0.2, 0.25) is 0 Å². The van der Waals surface area contributed by atoms with Crippen LogP contribution in [0.25, 0.3) is 0 Å². The lowest BCUT2D eigenvalue weighted by Gasteiger charge is -2.10. The Morgan fingerprint density at radius 2 is 1.77 bits per heavy atom. The van der Waals surface area contributed by atoms with Gasteiger partial charge in [-0.2, -0.15) is 0 Å². The summed E-state index contributed by atoms with van der Waals surface area (Å²) >= 11 is 0. The zero-order valence-electron chi connectivity index (χ0n) is 14.4. The minimum atomic E-state index is -0.317. The summed E-state index contributed by atoms with van der Waals surface area (Å²) in [6.45, 7) is 2.30. The maximum absolute atomic E-state index is 13.7. The zero-order chi connectivity index (χ0) is 18.4. The summed E-state index contributed by atoms with van der Waals surface area (Å²) in [6, 6.07) is 15.7. The van der Waals surface area contributed by atoms with Crippen LogP contribution in [-0.2, 0) is 13.0 Å². The average Bonchev–Trinajstić information content (AvgIpc) is 2.68. The van der Waals surface area contributed by atoms with Crippen LogP contribution in [0.2, 0.25) is 0 Å². The first-order chi connectivity index (χ1) is 12.7. The molecule has 0 atom stereocenters. The lowest BCUT2D eigenvalue weighted by molar-refractivity contribution is 0.102. The highest BCUT2D eigenvalue weighted by molar-refractivity contribution is 6.03. The van der Waals surface area contributed by atoms with Gasteiger partial charge in [-0.15, -0.1) is 0 Å². The van der Waals surface area contributed by atoms with Gasteiger partial charge in [-0.25, -0.2) is 14.4 Å². The number of benzene rings is 2. The van der Waals surface area contributed by atoms with Crippen LogP contribution in [0.4, 0.5) is 15.9 Å². The molecular formula is C20H19FN4O. The Hall–Kier alpha value is -3.28. The van der Waals surface area contributed by atoms with Gasteiger partial charge < -0.3 is 10.6 Å². The predicted molar refractivity (Wildman–Crippen MR) is 99.5 cm³/mol. The largest absolute Gasteiger partial charge is 0.366 e. The molecule has 0 fully saturated rings. The monoisotopic (exact) mass is 350 g/mol. The lowest BCUT2D eigenvalue weighted by atomic mass is 10.1. The fraction of sp³-hybridized carbons (Fsp3) is 0.150. The van der Waals surface area contributed by atoms with Crippen LogP contribution in [0.5, 0.6) is 0 Å². The first-order valence-electron chi connectivity index (χ1n) is 8.36. The van der Waals surface area contributed by atoms with Crippen LogP contribution in [0.15, 0.2) is 60.9 Å². The van der Waals surface area contributed by atoms with E-state index in [1.54, 1.807) is 24.3 Å². The highest BCUT2D eigenvalue weighted by Gasteiger charge is 2.11. The molecule has 0 aliphatic rings. The molecule has 132 valence electrons. The molecule has 5 nitrogen and oxygen atoms in total. The Kier molecular flexibility index (Phi) is 5.53. The average molecular weight is 350 g/mol. The Morgan fingerprint density at radius 1 is 1.04 bits per heavy atom. The van der Waals surface area contributed by atoms with E-state index in [1.165, 1.54) is 12.4 Å². The van der Waals surface area contributed by atoms with Gasteiger partial charge >= 0.3 is 0 Å². The molecule has 1 aromatic heterocycles. The van der Waals surface area contributed by atoms with Crippen molar-refractivity contribution in [2.75, 3.05) is 10.6 Å². The third-order valence-electron chi connectivity index (χ3n) is 3.96. The quantitative estimate of drug-likeness (QED) is 0.704. The van der Waals surface area contributed by atoms with Gasteiger partial charge in [-0.3, -0.25) is 4.79 Å². The maximum atomic E-state index is 13.7. The molecule has 0 saturated carbocycles. The molecular weight excluding hydrogens is 331 g/mol. The second kappa shape index (κ2) is 8.20. The minimum Gasteiger partial charge on any atom is -0.366 e. The Morgan fingerprint density at radius 3 is 2.54 bits per heavy atom. The third-order valence-corrected chi connectivity index (χ3v) is 3.96. The number of nitrogens with zero attached hydrogens (tertiary/aromatic N) is 2. The van der Waals surface area contributed by atoms with Crippen molar-refractivity contribution >= 4 is 17.4 Å². The summed E-state index contributed by atoms with van der Waals surface area (Å²) in [7, 11) is 0. The number of anilines is 2. The molecule has 0 aliphatic carbocycles. The van der Waals surface area contributed by atoms with Crippen LogP contribution >= 0.6 is 0 Å². The van der Waals surface area contributed by atoms with Gasteiger partial charge in [0, 0.05) is 23.9 Å². The topological polar surface area (TPSA) is 66.9 Å². The van der Waals surface area contributed by atoms with Crippen LogP contribution in [-0.4, -0.2) is 15.9 Å². The van der Waals surface area contributed by atoms with E-state index in [4.69, 9.17) is 0 Å². The number of carbonyl (C=O) groups is 1. The minimum absolute atomic E-state index is 0.238. The normalized spacial score (nSPS) is 10.4. The Labute approximate surface area is 151 Å². The molecule has 0 unspecified atom stereocenters. The molecule has 26 heavy (non-hydrogen) atoms. The lowest BCUT2D eigenvalue weighted by Crippen LogP contribution is -2.15. The molecule has 0 spiro atoms. The van der Waals surface area contributed by atoms with Crippen molar-refractivity contribution < 1.29 is 9.18 Å². The van der Waals surface area contributed by atoms with E-state index >= 15 is 0 Å². The number of para-hydroxylation sites is 1. The summed E-state index contributed by atoms with van der Waals surface area (Å²) in [5, 5.41) is 5.88. The van der Waals surface area contributed by atoms with E-state index in [9.17, 15) is 9.18 Å². The third kappa shape index (κ3) is 4.22. The molecule has 1 heterocycles. The molecule has 0 aliphatic heterocycles. The highest BCUT2D eigenvalue weighted by atomic mass is 19.1. The SMILES string of the molecule is CCc1ccccc1NC(=O)c1cc(NCc2ccccc2F)ncn1. The van der Waals surface area contributed by atoms with E-state index in [0.29, 0.717) is 11.4 Å². The number of hydrogen-bond acceptors (Lipinski definition) is 4. The van der Waals surface area contributed by atoms with Crippen LogP contribution in [0, 0.1) is 5.82 Å². The fourth-order valence-corrected chi connectivity index (χ4v) is 2.54. The van der Waals surface area contributed by atoms with E-state index in [1.807, 2.05) is 31.2 Å². The van der Waals surface area contributed by atoms with E-state index in [0.717, 1.165) is 17.7 Å². The highest BCUT2D eigenvalue weighted by Crippen LogP contribution is 2.17. The summed E-state index contributed by atoms with van der Waals surface area (Å²) in [4.78, 5) is 20.6. The standard InChI is InChI=1S/C20H19FN4O/c1-2-14-7-4-6-10-17(14)25-20(26)18-11-19(24-13-23-18)22-12-15-8-3-5-9-16(15)21/h3-11,13H,2,12H2,1H3,(H,25,26)(H,22,23,24). The molecule has 3 aromatic rings. The molecule has 3 rings (SSSR count). The number of amides is 1. The first kappa shape index (κ1) is 17.5. The van der Waals surface area contributed by atoms with Crippen LogP contribution in [0.3, 0.4) is 0 Å². The summed E-state index contributed by atoms with van der Waals surface area (Å²) in [6.07, 6.45) is 2.12. The molecule has 6 heteroatoms. The van der Waals surface area contributed by atoms with E-state index < -0.39 is 0 Å². The van der Waals surface area contributed by atoms with Crippen molar-refractivity contribution in [3.63, 3.8) is 0 Å². The fourth-order valence-electron chi connectivity index (χ4n) is 2.54. The molecule has 0 radical (unpaired) electrons. The number of rotatable bonds is 6. The number of aryl methyl sites for hydroxylation is 1. The number of aromatic nitrogens is 2. The van der Waals surface area contributed by atoms with Gasteiger partial charge in [-0.1, -0.05) is 43.3 Å².